The minimum Gasteiger partial charge on any atom is -0.373 e. The van der Waals surface area contributed by atoms with Gasteiger partial charge in [0.25, 0.3) is 5.91 Å². The van der Waals surface area contributed by atoms with E-state index in [-0.39, 0.29) is 5.91 Å². The molecule has 0 radical (unpaired) electrons. The van der Waals surface area contributed by atoms with Crippen LogP contribution in [0.1, 0.15) is 34.8 Å². The molecule has 0 aromatic carbocycles. The van der Waals surface area contributed by atoms with Crippen molar-refractivity contribution in [1.29, 1.82) is 0 Å². The van der Waals surface area contributed by atoms with Crippen LogP contribution in [0.5, 0.6) is 0 Å². The first-order valence-corrected chi connectivity index (χ1v) is 7.05. The fourth-order valence-corrected chi connectivity index (χ4v) is 2.58. The number of aromatic nitrogens is 2. The van der Waals surface area contributed by atoms with E-state index in [9.17, 15) is 4.79 Å². The molecule has 0 atom stereocenters. The van der Waals surface area contributed by atoms with Gasteiger partial charge in [-0.15, -0.1) is 11.3 Å². The van der Waals surface area contributed by atoms with Crippen molar-refractivity contribution < 1.29 is 4.79 Å². The van der Waals surface area contributed by atoms with E-state index < -0.39 is 0 Å². The molecule has 1 aliphatic carbocycles. The van der Waals surface area contributed by atoms with Crippen LogP contribution >= 0.6 is 11.3 Å². The third kappa shape index (κ3) is 2.73. The van der Waals surface area contributed by atoms with Crippen molar-refractivity contribution in [3.63, 3.8) is 0 Å². The van der Waals surface area contributed by atoms with E-state index in [1.807, 2.05) is 5.38 Å². The molecule has 2 aromatic rings. The van der Waals surface area contributed by atoms with Gasteiger partial charge in [0, 0.05) is 30.1 Å². The van der Waals surface area contributed by atoms with Crippen LogP contribution in [0.2, 0.25) is 0 Å². The van der Waals surface area contributed by atoms with Gasteiger partial charge in [-0.05, 0) is 25.0 Å². The molecule has 1 saturated carbocycles. The van der Waals surface area contributed by atoms with E-state index in [1.54, 1.807) is 25.4 Å². The summed E-state index contributed by atoms with van der Waals surface area (Å²) in [6.45, 7) is 0. The first-order valence-electron chi connectivity index (χ1n) is 6.17. The second-order valence-electron chi connectivity index (χ2n) is 4.49. The van der Waals surface area contributed by atoms with Crippen molar-refractivity contribution in [1.82, 2.24) is 9.97 Å². The fraction of sp³-hybridized carbons (Fsp3) is 0.308. The Kier molecular flexibility index (Phi) is 3.16. The highest BCUT2D eigenvalue weighted by molar-refractivity contribution is 7.14. The van der Waals surface area contributed by atoms with Crippen molar-refractivity contribution >= 4 is 28.2 Å². The van der Waals surface area contributed by atoms with Crippen molar-refractivity contribution in [3.05, 3.63) is 35.0 Å². The van der Waals surface area contributed by atoms with Gasteiger partial charge < -0.3 is 5.32 Å². The molecule has 2 aromatic heterocycles. The van der Waals surface area contributed by atoms with Crippen molar-refractivity contribution in [2.24, 2.45) is 0 Å². The standard InChI is InChI=1S/C13H14N4OS/c1-14-11-6-9(4-5-15-11)12(18)17-13-16-10(7-19-13)8-2-3-8/h4-8H,2-3H2,1H3,(H,14,15)(H,16,17,18). The zero-order chi connectivity index (χ0) is 13.2. The van der Waals surface area contributed by atoms with E-state index in [0.717, 1.165) is 5.69 Å². The third-order valence-corrected chi connectivity index (χ3v) is 3.79. The van der Waals surface area contributed by atoms with Gasteiger partial charge in [0.1, 0.15) is 5.82 Å². The molecular formula is C13H14N4OS. The van der Waals surface area contributed by atoms with Crippen LogP contribution < -0.4 is 10.6 Å². The molecule has 2 N–H and O–H groups in total. The summed E-state index contributed by atoms with van der Waals surface area (Å²) in [5.41, 5.74) is 1.67. The number of hydrogen-bond donors (Lipinski definition) is 2. The molecule has 0 bridgehead atoms. The average Bonchev–Trinajstić information content (AvgIpc) is 3.19. The first kappa shape index (κ1) is 12.1. The van der Waals surface area contributed by atoms with Crippen LogP contribution in [0.15, 0.2) is 23.7 Å². The Bertz CT molecular complexity index is 606. The highest BCUT2D eigenvalue weighted by Crippen LogP contribution is 2.40. The van der Waals surface area contributed by atoms with Gasteiger partial charge in [-0.3, -0.25) is 10.1 Å². The molecule has 0 aliphatic heterocycles. The average molecular weight is 274 g/mol. The minimum atomic E-state index is -0.157. The monoisotopic (exact) mass is 274 g/mol. The lowest BCUT2D eigenvalue weighted by atomic mass is 10.2. The van der Waals surface area contributed by atoms with E-state index in [2.05, 4.69) is 20.6 Å². The number of hydrogen-bond acceptors (Lipinski definition) is 5. The zero-order valence-corrected chi connectivity index (χ0v) is 11.3. The van der Waals surface area contributed by atoms with Crippen LogP contribution in [0, 0.1) is 0 Å². The second-order valence-corrected chi connectivity index (χ2v) is 5.34. The molecule has 98 valence electrons. The Balaban J connectivity index is 1.72. The highest BCUT2D eigenvalue weighted by Gasteiger charge is 2.26. The number of thiazole rings is 1. The highest BCUT2D eigenvalue weighted by atomic mass is 32.1. The molecule has 6 heteroatoms. The molecule has 1 fully saturated rings. The summed E-state index contributed by atoms with van der Waals surface area (Å²) in [5, 5.41) is 8.42. The number of nitrogens with one attached hydrogen (secondary N) is 2. The summed E-state index contributed by atoms with van der Waals surface area (Å²) in [6.07, 6.45) is 4.04. The first-order chi connectivity index (χ1) is 9.26. The lowest BCUT2D eigenvalue weighted by Gasteiger charge is -2.03. The number of rotatable bonds is 4. The van der Waals surface area contributed by atoms with Crippen LogP contribution in [0.3, 0.4) is 0 Å². The molecule has 19 heavy (non-hydrogen) atoms. The number of nitrogens with zero attached hydrogens (tertiary/aromatic N) is 2. The van der Waals surface area contributed by atoms with Crippen LogP contribution in [0.4, 0.5) is 10.9 Å². The fourth-order valence-electron chi connectivity index (χ4n) is 1.79. The van der Waals surface area contributed by atoms with Gasteiger partial charge in [-0.2, -0.15) is 0 Å². The Labute approximate surface area is 115 Å². The molecule has 2 heterocycles. The van der Waals surface area contributed by atoms with Crippen LogP contribution in [-0.4, -0.2) is 22.9 Å². The SMILES string of the molecule is CNc1cc(C(=O)Nc2nc(C3CC3)cs2)ccn1. The van der Waals surface area contributed by atoms with E-state index in [4.69, 9.17) is 0 Å². The van der Waals surface area contributed by atoms with Crippen molar-refractivity contribution in [2.45, 2.75) is 18.8 Å². The smallest absolute Gasteiger partial charge is 0.257 e. The van der Waals surface area contributed by atoms with Gasteiger partial charge in [-0.25, -0.2) is 9.97 Å². The third-order valence-electron chi connectivity index (χ3n) is 3.02. The quantitative estimate of drug-likeness (QED) is 0.899. The van der Waals surface area contributed by atoms with E-state index in [1.165, 1.54) is 24.2 Å². The number of carbonyl (C=O) groups is 1. The Morgan fingerprint density at radius 1 is 1.47 bits per heavy atom. The molecule has 5 nitrogen and oxygen atoms in total. The molecular weight excluding hydrogens is 260 g/mol. The second kappa shape index (κ2) is 4.97. The van der Waals surface area contributed by atoms with E-state index >= 15 is 0 Å². The Morgan fingerprint density at radius 3 is 3.05 bits per heavy atom. The summed E-state index contributed by atoms with van der Waals surface area (Å²) in [6, 6.07) is 3.40. The molecule has 0 saturated heterocycles. The molecule has 0 spiro atoms. The maximum Gasteiger partial charge on any atom is 0.257 e. The summed E-state index contributed by atoms with van der Waals surface area (Å²) in [4.78, 5) is 20.6. The van der Waals surface area contributed by atoms with Gasteiger partial charge in [-0.1, -0.05) is 0 Å². The normalized spacial score (nSPS) is 14.2. The Hall–Kier alpha value is -1.95. The maximum atomic E-state index is 12.1. The number of carbonyl (C=O) groups excluding carboxylic acids is 1. The van der Waals surface area contributed by atoms with Crippen molar-refractivity contribution in [2.75, 3.05) is 17.7 Å². The molecule has 3 rings (SSSR count). The predicted octanol–water partition coefficient (Wildman–Crippen LogP) is 2.71. The maximum absolute atomic E-state index is 12.1. The summed E-state index contributed by atoms with van der Waals surface area (Å²) in [7, 11) is 1.77. The zero-order valence-electron chi connectivity index (χ0n) is 10.5. The molecule has 1 amide bonds. The summed E-state index contributed by atoms with van der Waals surface area (Å²) >= 11 is 1.48. The van der Waals surface area contributed by atoms with Crippen molar-refractivity contribution in [3.8, 4) is 0 Å². The number of amides is 1. The largest absolute Gasteiger partial charge is 0.373 e. The van der Waals surface area contributed by atoms with Gasteiger partial charge in [0.15, 0.2) is 5.13 Å². The number of anilines is 2. The minimum absolute atomic E-state index is 0.157. The van der Waals surface area contributed by atoms with Crippen LogP contribution in [0.25, 0.3) is 0 Å². The summed E-state index contributed by atoms with van der Waals surface area (Å²) in [5.74, 6) is 1.12. The molecule has 0 unspecified atom stereocenters. The van der Waals surface area contributed by atoms with Crippen LogP contribution in [-0.2, 0) is 0 Å². The molecule has 1 aliphatic rings. The van der Waals surface area contributed by atoms with Gasteiger partial charge in [0.2, 0.25) is 0 Å². The summed E-state index contributed by atoms with van der Waals surface area (Å²) < 4.78 is 0. The lowest BCUT2D eigenvalue weighted by molar-refractivity contribution is 0.102. The van der Waals surface area contributed by atoms with Gasteiger partial charge >= 0.3 is 0 Å². The lowest BCUT2D eigenvalue weighted by Crippen LogP contribution is -2.12. The Morgan fingerprint density at radius 2 is 2.32 bits per heavy atom. The van der Waals surface area contributed by atoms with E-state index in [0.29, 0.717) is 22.4 Å². The van der Waals surface area contributed by atoms with Gasteiger partial charge in [0.05, 0.1) is 5.69 Å². The number of pyridine rings is 1. The predicted molar refractivity (Wildman–Crippen MR) is 75.8 cm³/mol. The topological polar surface area (TPSA) is 66.9 Å².